The van der Waals surface area contributed by atoms with Crippen LogP contribution in [0.3, 0.4) is 0 Å². The topological polar surface area (TPSA) is 59.0 Å². The average molecular weight is 504 g/mol. The molecule has 34 heavy (non-hydrogen) atoms. The molecule has 0 saturated carbocycles. The van der Waals surface area contributed by atoms with Gasteiger partial charge in [-0.25, -0.2) is 4.79 Å². The van der Waals surface area contributed by atoms with E-state index in [-0.39, 0.29) is 12.0 Å². The third-order valence-corrected chi connectivity index (χ3v) is 7.70. The first-order valence-corrected chi connectivity index (χ1v) is 13.7. The maximum atomic E-state index is 13.5. The summed E-state index contributed by atoms with van der Waals surface area (Å²) in [6.45, 7) is 12.6. The zero-order chi connectivity index (χ0) is 24.8. The van der Waals surface area contributed by atoms with Gasteiger partial charge in [0.15, 0.2) is 0 Å². The molecule has 186 valence electrons. The first kappa shape index (κ1) is 28.2. The van der Waals surface area contributed by atoms with Crippen LogP contribution in [-0.2, 0) is 19.9 Å². The van der Waals surface area contributed by atoms with Gasteiger partial charge in [0.25, 0.3) is 0 Å². The average Bonchev–Trinajstić information content (AvgIpc) is 3.39. The van der Waals surface area contributed by atoms with Crippen molar-refractivity contribution in [2.75, 3.05) is 32.5 Å². The Hall–Kier alpha value is -2.06. The number of carbonyl (C=O) groups is 1. The number of thiophene rings is 1. The van der Waals surface area contributed by atoms with Crippen molar-refractivity contribution < 1.29 is 19.4 Å². The van der Waals surface area contributed by atoms with E-state index in [9.17, 15) is 9.90 Å². The summed E-state index contributed by atoms with van der Waals surface area (Å²) in [5, 5.41) is 13.5. The number of ether oxygens (including phenoxy) is 2. The molecular formula is C27H37NO4S2. The number of nitrogens with zero attached hydrogens (tertiary/aromatic N) is 1. The third-order valence-electron chi connectivity index (χ3n) is 5.85. The number of rotatable bonds is 14. The minimum Gasteiger partial charge on any atom is -0.501 e. The standard InChI is InChI=1S/C27H37NO4S2/c1-5-8-9-10-18-31-19-12-16-28-17-15-22(7-3)23(21-28)32-26(29)27(30,24(33-4)13-6-2)25-14-11-20-34-25/h5-6,8-11,13-14,18,20,22-23,30H,1-2,7,12,15-17,19,21H2,3-4H3/b9-8-,18-10+,24-13-. The predicted octanol–water partition coefficient (Wildman–Crippen LogP) is 5.67. The molecule has 1 aromatic heterocycles. The van der Waals surface area contributed by atoms with Gasteiger partial charge in [0, 0.05) is 18.0 Å². The molecule has 1 fully saturated rings. The van der Waals surface area contributed by atoms with Crippen molar-refractivity contribution in [3.05, 3.63) is 83.2 Å². The fraction of sp³-hybridized carbons (Fsp3) is 0.444. The molecule has 0 aromatic carbocycles. The summed E-state index contributed by atoms with van der Waals surface area (Å²) in [5.41, 5.74) is -1.83. The summed E-state index contributed by atoms with van der Waals surface area (Å²) >= 11 is 2.67. The highest BCUT2D eigenvalue weighted by atomic mass is 32.2. The van der Waals surface area contributed by atoms with E-state index >= 15 is 0 Å². The highest BCUT2D eigenvalue weighted by Crippen LogP contribution is 2.40. The van der Waals surface area contributed by atoms with Crippen molar-refractivity contribution in [2.45, 2.75) is 37.9 Å². The van der Waals surface area contributed by atoms with Gasteiger partial charge in [-0.2, -0.15) is 0 Å². The first-order valence-electron chi connectivity index (χ1n) is 11.6. The molecule has 2 rings (SSSR count). The largest absolute Gasteiger partial charge is 0.501 e. The number of thioether (sulfide) groups is 1. The molecule has 0 radical (unpaired) electrons. The molecule has 5 nitrogen and oxygen atoms in total. The molecule has 1 aromatic rings. The lowest BCUT2D eigenvalue weighted by molar-refractivity contribution is -0.173. The maximum absolute atomic E-state index is 13.5. The zero-order valence-corrected chi connectivity index (χ0v) is 21.9. The number of allylic oxidation sites excluding steroid dienone is 6. The summed E-state index contributed by atoms with van der Waals surface area (Å²) in [7, 11) is 0. The summed E-state index contributed by atoms with van der Waals surface area (Å²) in [5.74, 6) is -0.353. The first-order chi connectivity index (χ1) is 16.5. The second kappa shape index (κ2) is 15.0. The number of aliphatic hydroxyl groups is 1. The monoisotopic (exact) mass is 503 g/mol. The fourth-order valence-corrected chi connectivity index (χ4v) is 5.60. The molecule has 1 N–H and O–H groups in total. The Morgan fingerprint density at radius 2 is 2.18 bits per heavy atom. The molecule has 2 heterocycles. The quantitative estimate of drug-likeness (QED) is 0.153. The van der Waals surface area contributed by atoms with Crippen LogP contribution in [0.1, 0.15) is 31.1 Å². The number of likely N-dealkylation sites (tertiary alicyclic amines) is 1. The van der Waals surface area contributed by atoms with E-state index in [0.717, 1.165) is 32.4 Å². The van der Waals surface area contributed by atoms with E-state index in [4.69, 9.17) is 9.47 Å². The van der Waals surface area contributed by atoms with Crippen LogP contribution in [0, 0.1) is 5.92 Å². The van der Waals surface area contributed by atoms with Crippen molar-refractivity contribution >= 4 is 29.1 Å². The Balaban J connectivity index is 2.03. The minimum absolute atomic E-state index is 0.268. The van der Waals surface area contributed by atoms with Crippen molar-refractivity contribution in [3.63, 3.8) is 0 Å². The van der Waals surface area contributed by atoms with Crippen LogP contribution in [0.25, 0.3) is 0 Å². The fourth-order valence-electron chi connectivity index (χ4n) is 3.99. The normalized spacial score (nSPS) is 21.4. The van der Waals surface area contributed by atoms with Gasteiger partial charge in [-0.05, 0) is 61.6 Å². The van der Waals surface area contributed by atoms with Gasteiger partial charge in [0.1, 0.15) is 6.10 Å². The molecule has 0 spiro atoms. The Bertz CT molecular complexity index is 862. The number of piperidine rings is 1. The summed E-state index contributed by atoms with van der Waals surface area (Å²) < 4.78 is 11.6. The molecule has 1 saturated heterocycles. The summed E-state index contributed by atoms with van der Waals surface area (Å²) in [6.07, 6.45) is 16.5. The van der Waals surface area contributed by atoms with Crippen LogP contribution in [0.4, 0.5) is 0 Å². The van der Waals surface area contributed by atoms with Crippen LogP contribution < -0.4 is 0 Å². The van der Waals surface area contributed by atoms with Crippen LogP contribution in [0.5, 0.6) is 0 Å². The van der Waals surface area contributed by atoms with Gasteiger partial charge in [-0.1, -0.05) is 50.5 Å². The lowest BCUT2D eigenvalue weighted by Crippen LogP contribution is -2.49. The molecule has 1 aliphatic heterocycles. The number of hydrogen-bond acceptors (Lipinski definition) is 7. The molecule has 3 unspecified atom stereocenters. The molecule has 7 heteroatoms. The Morgan fingerprint density at radius 1 is 1.35 bits per heavy atom. The van der Waals surface area contributed by atoms with Crippen LogP contribution in [0.2, 0.25) is 0 Å². The van der Waals surface area contributed by atoms with Gasteiger partial charge >= 0.3 is 5.97 Å². The van der Waals surface area contributed by atoms with Gasteiger partial charge in [-0.15, -0.1) is 23.1 Å². The SMILES string of the molecule is C=C/C=C\C=C\OCCCN1CCC(CC)C(OC(=O)C(O)(/C(=C/C=C)SC)c2cccs2)C1. The number of esters is 1. The van der Waals surface area contributed by atoms with E-state index in [1.807, 2.05) is 35.9 Å². The lowest BCUT2D eigenvalue weighted by Gasteiger charge is -2.39. The molecule has 1 aliphatic rings. The number of carbonyl (C=O) groups excluding carboxylic acids is 1. The van der Waals surface area contributed by atoms with Crippen molar-refractivity contribution in [1.29, 1.82) is 0 Å². The van der Waals surface area contributed by atoms with Gasteiger partial charge in [-0.3, -0.25) is 4.90 Å². The van der Waals surface area contributed by atoms with E-state index in [1.54, 1.807) is 30.6 Å². The summed E-state index contributed by atoms with van der Waals surface area (Å²) in [6, 6.07) is 3.60. The molecule has 0 amide bonds. The second-order valence-corrected chi connectivity index (χ2v) is 9.83. The van der Waals surface area contributed by atoms with Crippen molar-refractivity contribution in [3.8, 4) is 0 Å². The minimum atomic E-state index is -1.83. The van der Waals surface area contributed by atoms with Crippen LogP contribution >= 0.6 is 23.1 Å². The van der Waals surface area contributed by atoms with Crippen molar-refractivity contribution in [1.82, 2.24) is 4.90 Å². The molecule has 3 atom stereocenters. The summed E-state index contributed by atoms with van der Waals surface area (Å²) in [4.78, 5) is 16.8. The second-order valence-electron chi connectivity index (χ2n) is 8.03. The van der Waals surface area contributed by atoms with E-state index in [1.165, 1.54) is 23.1 Å². The Kier molecular flexibility index (Phi) is 12.5. The zero-order valence-electron chi connectivity index (χ0n) is 20.2. The van der Waals surface area contributed by atoms with Crippen LogP contribution in [-0.4, -0.2) is 54.6 Å². The predicted molar refractivity (Wildman–Crippen MR) is 144 cm³/mol. The van der Waals surface area contributed by atoms with Crippen molar-refractivity contribution in [2.24, 2.45) is 5.92 Å². The maximum Gasteiger partial charge on any atom is 0.349 e. The molecule has 0 aliphatic carbocycles. The lowest BCUT2D eigenvalue weighted by atomic mass is 9.91. The van der Waals surface area contributed by atoms with Crippen LogP contribution in [0.15, 0.2) is 78.3 Å². The highest BCUT2D eigenvalue weighted by molar-refractivity contribution is 8.02. The van der Waals surface area contributed by atoms with Gasteiger partial charge < -0.3 is 14.6 Å². The molecule has 0 bridgehead atoms. The van der Waals surface area contributed by atoms with Gasteiger partial charge in [0.2, 0.25) is 5.60 Å². The molecular weight excluding hydrogens is 466 g/mol. The Labute approximate surface area is 212 Å². The van der Waals surface area contributed by atoms with E-state index < -0.39 is 11.6 Å². The van der Waals surface area contributed by atoms with Gasteiger partial charge in [0.05, 0.1) is 17.7 Å². The third kappa shape index (κ3) is 7.73. The van der Waals surface area contributed by atoms with E-state index in [0.29, 0.717) is 22.9 Å². The Morgan fingerprint density at radius 3 is 2.82 bits per heavy atom. The smallest absolute Gasteiger partial charge is 0.349 e. The van der Waals surface area contributed by atoms with E-state index in [2.05, 4.69) is 25.0 Å². The number of hydrogen-bond donors (Lipinski definition) is 1. The highest BCUT2D eigenvalue weighted by Gasteiger charge is 2.46.